The van der Waals surface area contributed by atoms with E-state index in [0.717, 1.165) is 10.6 Å². The summed E-state index contributed by atoms with van der Waals surface area (Å²) in [5.41, 5.74) is 9.86. The van der Waals surface area contributed by atoms with Crippen molar-refractivity contribution in [2.75, 3.05) is 5.73 Å². The van der Waals surface area contributed by atoms with E-state index in [1.807, 2.05) is 24.4 Å². The molecule has 0 spiro atoms. The summed E-state index contributed by atoms with van der Waals surface area (Å²) in [4.78, 5) is 12.9. The molecule has 2 rings (SSSR count). The molecule has 1 aromatic carbocycles. The van der Waals surface area contributed by atoms with Crippen molar-refractivity contribution in [3.8, 4) is 0 Å². The summed E-state index contributed by atoms with van der Waals surface area (Å²) in [6.07, 6.45) is 0. The number of nitrogens with one attached hydrogen (secondary N) is 1. The SMILES string of the molecule is C/C(=N/NC(=O)c1ccccc1N)c1cccs1. The minimum absolute atomic E-state index is 0.302. The maximum Gasteiger partial charge on any atom is 0.273 e. The predicted octanol–water partition coefficient (Wildman–Crippen LogP) is 2.48. The molecule has 3 N–H and O–H groups in total. The van der Waals surface area contributed by atoms with Crippen LogP contribution < -0.4 is 11.2 Å². The second-order valence-electron chi connectivity index (χ2n) is 3.70. The van der Waals surface area contributed by atoms with Crippen molar-refractivity contribution in [3.63, 3.8) is 0 Å². The summed E-state index contributed by atoms with van der Waals surface area (Å²) in [6, 6.07) is 10.8. The van der Waals surface area contributed by atoms with Gasteiger partial charge in [0.2, 0.25) is 0 Å². The van der Waals surface area contributed by atoms with Crippen LogP contribution in [-0.4, -0.2) is 11.6 Å². The van der Waals surface area contributed by atoms with Gasteiger partial charge >= 0.3 is 0 Å². The van der Waals surface area contributed by atoms with Gasteiger partial charge < -0.3 is 5.73 Å². The second kappa shape index (κ2) is 5.46. The Kier molecular flexibility index (Phi) is 3.74. The zero-order valence-corrected chi connectivity index (χ0v) is 10.7. The highest BCUT2D eigenvalue weighted by Crippen LogP contribution is 2.11. The van der Waals surface area contributed by atoms with Crippen molar-refractivity contribution in [1.82, 2.24) is 5.43 Å². The van der Waals surface area contributed by atoms with E-state index in [-0.39, 0.29) is 5.91 Å². The lowest BCUT2D eigenvalue weighted by molar-refractivity contribution is 0.0955. The first-order chi connectivity index (χ1) is 8.68. The molecule has 0 unspecified atom stereocenters. The number of para-hydroxylation sites is 1. The van der Waals surface area contributed by atoms with E-state index in [0.29, 0.717) is 11.3 Å². The lowest BCUT2D eigenvalue weighted by Gasteiger charge is -2.04. The van der Waals surface area contributed by atoms with Gasteiger partial charge in [-0.05, 0) is 30.5 Å². The summed E-state index contributed by atoms with van der Waals surface area (Å²) < 4.78 is 0. The summed E-state index contributed by atoms with van der Waals surface area (Å²) in [6.45, 7) is 1.85. The van der Waals surface area contributed by atoms with Crippen molar-refractivity contribution in [1.29, 1.82) is 0 Å². The fourth-order valence-electron chi connectivity index (χ4n) is 1.44. The molecule has 1 amide bonds. The highest BCUT2D eigenvalue weighted by molar-refractivity contribution is 7.12. The maximum absolute atomic E-state index is 11.8. The maximum atomic E-state index is 11.8. The minimum atomic E-state index is -0.302. The number of anilines is 1. The molecule has 0 aliphatic heterocycles. The number of hydrogen-bond acceptors (Lipinski definition) is 4. The monoisotopic (exact) mass is 259 g/mol. The van der Waals surface area contributed by atoms with Gasteiger partial charge in [-0.2, -0.15) is 5.10 Å². The van der Waals surface area contributed by atoms with Crippen LogP contribution in [0.2, 0.25) is 0 Å². The van der Waals surface area contributed by atoms with Crippen molar-refractivity contribution in [2.45, 2.75) is 6.92 Å². The minimum Gasteiger partial charge on any atom is -0.398 e. The van der Waals surface area contributed by atoms with E-state index in [1.165, 1.54) is 0 Å². The Labute approximate surface area is 109 Å². The van der Waals surface area contributed by atoms with E-state index in [9.17, 15) is 4.79 Å². The molecule has 0 saturated carbocycles. The standard InChI is InChI=1S/C13H13N3OS/c1-9(12-7-4-8-18-12)15-16-13(17)10-5-2-3-6-11(10)14/h2-8H,14H2,1H3,(H,16,17)/b15-9-. The molecule has 0 aliphatic rings. The molecule has 1 heterocycles. The first-order valence-corrected chi connectivity index (χ1v) is 6.29. The first-order valence-electron chi connectivity index (χ1n) is 5.41. The Morgan fingerprint density at radius 1 is 1.28 bits per heavy atom. The number of carbonyl (C=O) groups is 1. The molecule has 0 fully saturated rings. The van der Waals surface area contributed by atoms with Crippen LogP contribution in [0.15, 0.2) is 46.9 Å². The highest BCUT2D eigenvalue weighted by Gasteiger charge is 2.07. The van der Waals surface area contributed by atoms with E-state index in [1.54, 1.807) is 35.6 Å². The molecule has 2 aromatic rings. The number of rotatable bonds is 3. The predicted molar refractivity (Wildman–Crippen MR) is 74.9 cm³/mol. The molecule has 0 aliphatic carbocycles. The topological polar surface area (TPSA) is 67.5 Å². The molecule has 5 heteroatoms. The fourth-order valence-corrected chi connectivity index (χ4v) is 2.12. The largest absolute Gasteiger partial charge is 0.398 e. The van der Waals surface area contributed by atoms with Gasteiger partial charge in [0.25, 0.3) is 5.91 Å². The number of carbonyl (C=O) groups excluding carboxylic acids is 1. The smallest absolute Gasteiger partial charge is 0.273 e. The van der Waals surface area contributed by atoms with Crippen LogP contribution in [0.1, 0.15) is 22.2 Å². The number of hydrazone groups is 1. The van der Waals surface area contributed by atoms with Gasteiger partial charge in [-0.15, -0.1) is 11.3 Å². The van der Waals surface area contributed by atoms with Crippen LogP contribution in [0.3, 0.4) is 0 Å². The molecular formula is C13H13N3OS. The summed E-state index contributed by atoms with van der Waals surface area (Å²) in [5.74, 6) is -0.302. The zero-order valence-electron chi connectivity index (χ0n) is 9.88. The van der Waals surface area contributed by atoms with Gasteiger partial charge in [0.15, 0.2) is 0 Å². The third-order valence-corrected chi connectivity index (χ3v) is 3.39. The fraction of sp³-hybridized carbons (Fsp3) is 0.0769. The third kappa shape index (κ3) is 2.75. The molecular weight excluding hydrogens is 246 g/mol. The van der Waals surface area contributed by atoms with Crippen LogP contribution in [-0.2, 0) is 0 Å². The van der Waals surface area contributed by atoms with Gasteiger partial charge in [0, 0.05) is 10.6 Å². The van der Waals surface area contributed by atoms with Gasteiger partial charge in [0.1, 0.15) is 0 Å². The van der Waals surface area contributed by atoms with Gasteiger partial charge in [-0.3, -0.25) is 4.79 Å². The summed E-state index contributed by atoms with van der Waals surface area (Å²) in [5, 5.41) is 6.02. The quantitative estimate of drug-likeness (QED) is 0.505. The number of benzene rings is 1. The lowest BCUT2D eigenvalue weighted by atomic mass is 10.2. The summed E-state index contributed by atoms with van der Waals surface area (Å²) >= 11 is 1.57. The Morgan fingerprint density at radius 2 is 2.06 bits per heavy atom. The van der Waals surface area contributed by atoms with Gasteiger partial charge in [-0.1, -0.05) is 18.2 Å². The average Bonchev–Trinajstić information content (AvgIpc) is 2.90. The number of amides is 1. The molecule has 0 bridgehead atoms. The Hall–Kier alpha value is -2.14. The van der Waals surface area contributed by atoms with Crippen LogP contribution in [0.4, 0.5) is 5.69 Å². The highest BCUT2D eigenvalue weighted by atomic mass is 32.1. The van der Waals surface area contributed by atoms with Crippen LogP contribution in [0.25, 0.3) is 0 Å². The zero-order chi connectivity index (χ0) is 13.0. The first kappa shape index (κ1) is 12.3. The molecule has 0 saturated heterocycles. The number of nitrogens with zero attached hydrogens (tertiary/aromatic N) is 1. The summed E-state index contributed by atoms with van der Waals surface area (Å²) in [7, 11) is 0. The average molecular weight is 259 g/mol. The molecule has 0 atom stereocenters. The number of nitrogen functional groups attached to an aromatic ring is 1. The normalized spacial score (nSPS) is 11.3. The van der Waals surface area contributed by atoms with Crippen molar-refractivity contribution >= 4 is 28.6 Å². The molecule has 1 aromatic heterocycles. The van der Waals surface area contributed by atoms with E-state index in [2.05, 4.69) is 10.5 Å². The van der Waals surface area contributed by atoms with Crippen LogP contribution >= 0.6 is 11.3 Å². The van der Waals surface area contributed by atoms with Crippen molar-refractivity contribution < 1.29 is 4.79 Å². The van der Waals surface area contributed by atoms with E-state index in [4.69, 9.17) is 5.73 Å². The number of hydrogen-bond donors (Lipinski definition) is 2. The van der Waals surface area contributed by atoms with E-state index < -0.39 is 0 Å². The number of thiophene rings is 1. The molecule has 92 valence electrons. The van der Waals surface area contributed by atoms with E-state index >= 15 is 0 Å². The Morgan fingerprint density at radius 3 is 2.72 bits per heavy atom. The van der Waals surface area contributed by atoms with Crippen molar-refractivity contribution in [3.05, 3.63) is 52.2 Å². The van der Waals surface area contributed by atoms with Gasteiger partial charge in [0.05, 0.1) is 11.3 Å². The Bertz CT molecular complexity index is 576. The Balaban J connectivity index is 2.09. The van der Waals surface area contributed by atoms with Crippen LogP contribution in [0.5, 0.6) is 0 Å². The molecule has 4 nitrogen and oxygen atoms in total. The van der Waals surface area contributed by atoms with Crippen LogP contribution in [0, 0.1) is 0 Å². The number of nitrogens with two attached hydrogens (primary N) is 1. The van der Waals surface area contributed by atoms with Crippen molar-refractivity contribution in [2.24, 2.45) is 5.10 Å². The second-order valence-corrected chi connectivity index (χ2v) is 4.65. The molecule has 0 radical (unpaired) electrons. The van der Waals surface area contributed by atoms with Gasteiger partial charge in [-0.25, -0.2) is 5.43 Å². The molecule has 18 heavy (non-hydrogen) atoms. The third-order valence-electron chi connectivity index (χ3n) is 2.41. The lowest BCUT2D eigenvalue weighted by Crippen LogP contribution is -2.20.